The summed E-state index contributed by atoms with van der Waals surface area (Å²) in [6.07, 6.45) is 0.138. The van der Waals surface area contributed by atoms with Crippen LogP contribution in [0.1, 0.15) is 19.8 Å². The highest BCUT2D eigenvalue weighted by Gasteiger charge is 2.59. The summed E-state index contributed by atoms with van der Waals surface area (Å²) in [5.41, 5.74) is 0.0742. The third kappa shape index (κ3) is 2.46. The zero-order chi connectivity index (χ0) is 17.6. The fraction of sp³-hybridized carbons (Fsp3) is 0.500. The standard InChI is InChI=1S/C14H14N2O7S/c1-6(17)23-4-7-5-24-13-11(15-8(18)2-3-9(15)19)12(20)16(13)10(7)14(21)22/h11,13H,2-5H2,1H3,(H,21,22)/t11-,13-/m1/s1. The van der Waals surface area contributed by atoms with Crippen LogP contribution in [0.5, 0.6) is 0 Å². The van der Waals surface area contributed by atoms with Gasteiger partial charge in [-0.1, -0.05) is 0 Å². The molecule has 1 N–H and O–H groups in total. The highest BCUT2D eigenvalue weighted by Crippen LogP contribution is 2.43. The van der Waals surface area contributed by atoms with E-state index >= 15 is 0 Å². The van der Waals surface area contributed by atoms with Gasteiger partial charge >= 0.3 is 11.9 Å². The summed E-state index contributed by atoms with van der Waals surface area (Å²) in [5, 5.41) is 8.81. The van der Waals surface area contributed by atoms with E-state index in [9.17, 15) is 29.1 Å². The first-order valence-corrected chi connectivity index (χ1v) is 8.26. The van der Waals surface area contributed by atoms with Gasteiger partial charge in [0.2, 0.25) is 11.8 Å². The number of hydrogen-bond donors (Lipinski definition) is 1. The summed E-state index contributed by atoms with van der Waals surface area (Å²) in [6, 6.07) is -0.956. The third-order valence-corrected chi connectivity index (χ3v) is 5.36. The molecule has 3 aliphatic heterocycles. The van der Waals surface area contributed by atoms with Gasteiger partial charge in [0.05, 0.1) is 0 Å². The number of imide groups is 1. The average molecular weight is 354 g/mol. The molecule has 0 spiro atoms. The molecule has 0 aromatic carbocycles. The zero-order valence-corrected chi connectivity index (χ0v) is 13.5. The molecule has 0 unspecified atom stereocenters. The average Bonchev–Trinajstić information content (AvgIpc) is 2.84. The first-order valence-electron chi connectivity index (χ1n) is 7.21. The van der Waals surface area contributed by atoms with Crippen molar-refractivity contribution in [3.8, 4) is 0 Å². The lowest BCUT2D eigenvalue weighted by atomic mass is 10.0. The molecule has 3 amide bonds. The minimum absolute atomic E-state index is 0.0688. The molecule has 0 saturated carbocycles. The molecule has 10 heteroatoms. The van der Waals surface area contributed by atoms with Crippen LogP contribution in [-0.4, -0.2) is 68.3 Å². The Morgan fingerprint density at radius 3 is 2.38 bits per heavy atom. The third-order valence-electron chi connectivity index (χ3n) is 4.04. The van der Waals surface area contributed by atoms with E-state index in [1.807, 2.05) is 0 Å². The molecular formula is C14H14N2O7S. The van der Waals surface area contributed by atoms with E-state index in [1.54, 1.807) is 0 Å². The largest absolute Gasteiger partial charge is 0.477 e. The van der Waals surface area contributed by atoms with Crippen LogP contribution in [0, 0.1) is 0 Å². The summed E-state index contributed by atoms with van der Waals surface area (Å²) in [6.45, 7) is 0.988. The molecule has 3 heterocycles. The Morgan fingerprint density at radius 1 is 1.21 bits per heavy atom. The van der Waals surface area contributed by atoms with E-state index in [0.29, 0.717) is 5.57 Å². The molecule has 128 valence electrons. The summed E-state index contributed by atoms with van der Waals surface area (Å²) in [7, 11) is 0. The number of thioether (sulfide) groups is 1. The highest BCUT2D eigenvalue weighted by molar-refractivity contribution is 8.00. The number of carbonyl (C=O) groups is 5. The van der Waals surface area contributed by atoms with Crippen molar-refractivity contribution < 1.29 is 33.8 Å². The molecule has 24 heavy (non-hydrogen) atoms. The van der Waals surface area contributed by atoms with Gasteiger partial charge in [0.25, 0.3) is 5.91 Å². The maximum atomic E-state index is 12.4. The van der Waals surface area contributed by atoms with Crippen LogP contribution < -0.4 is 0 Å². The van der Waals surface area contributed by atoms with Gasteiger partial charge in [-0.2, -0.15) is 0 Å². The molecule has 0 aliphatic carbocycles. The molecule has 3 aliphatic rings. The Hall–Kier alpha value is -2.36. The molecule has 9 nitrogen and oxygen atoms in total. The lowest BCUT2D eigenvalue weighted by Crippen LogP contribution is -2.71. The number of carboxylic acids is 1. The number of nitrogens with zero attached hydrogens (tertiary/aromatic N) is 2. The summed E-state index contributed by atoms with van der Waals surface area (Å²) in [5.74, 6) is -3.06. The number of fused-ring (bicyclic) bond motifs is 1. The van der Waals surface area contributed by atoms with Gasteiger partial charge in [-0.3, -0.25) is 29.0 Å². The van der Waals surface area contributed by atoms with Gasteiger partial charge in [0.1, 0.15) is 23.7 Å². The van der Waals surface area contributed by atoms with E-state index in [0.717, 1.165) is 9.80 Å². The normalized spacial score (nSPS) is 26.5. The van der Waals surface area contributed by atoms with E-state index in [2.05, 4.69) is 0 Å². The van der Waals surface area contributed by atoms with Crippen LogP contribution in [-0.2, 0) is 28.7 Å². The quantitative estimate of drug-likeness (QED) is 0.400. The van der Waals surface area contributed by atoms with Crippen LogP contribution in [0.2, 0.25) is 0 Å². The van der Waals surface area contributed by atoms with Crippen LogP contribution in [0.4, 0.5) is 0 Å². The Kier molecular flexibility index (Phi) is 4.08. The highest BCUT2D eigenvalue weighted by atomic mass is 32.2. The lowest BCUT2D eigenvalue weighted by molar-refractivity contribution is -0.162. The number of likely N-dealkylation sites (tertiary alicyclic amines) is 1. The monoisotopic (exact) mass is 354 g/mol. The molecule has 0 aromatic rings. The number of carbonyl (C=O) groups excluding carboxylic acids is 4. The summed E-state index contributed by atoms with van der Waals surface area (Å²) >= 11 is 1.24. The first kappa shape index (κ1) is 16.5. The number of rotatable bonds is 4. The van der Waals surface area contributed by atoms with Crippen LogP contribution in [0.3, 0.4) is 0 Å². The van der Waals surface area contributed by atoms with Gasteiger partial charge in [-0.05, 0) is 0 Å². The number of β-lactam (4-membered cyclic amide) rings is 1. The van der Waals surface area contributed by atoms with Crippen LogP contribution >= 0.6 is 11.8 Å². The smallest absolute Gasteiger partial charge is 0.352 e. The van der Waals surface area contributed by atoms with E-state index < -0.39 is 41.1 Å². The SMILES string of the molecule is CC(=O)OCC1=C(C(=O)O)N2C(=O)[C@@H](N3C(=O)CCC3=O)[C@H]2SC1. The minimum Gasteiger partial charge on any atom is -0.477 e. The minimum atomic E-state index is -1.31. The first-order chi connectivity index (χ1) is 11.3. The predicted octanol–water partition coefficient (Wildman–Crippen LogP) is -0.679. The predicted molar refractivity (Wildman–Crippen MR) is 79.3 cm³/mol. The molecule has 2 atom stereocenters. The van der Waals surface area contributed by atoms with E-state index in [4.69, 9.17) is 4.74 Å². The van der Waals surface area contributed by atoms with Crippen LogP contribution in [0.15, 0.2) is 11.3 Å². The number of amides is 3. The number of esters is 1. The molecular weight excluding hydrogens is 340 g/mol. The molecule has 3 rings (SSSR count). The fourth-order valence-corrected chi connectivity index (χ4v) is 4.34. The molecule has 0 radical (unpaired) electrons. The maximum Gasteiger partial charge on any atom is 0.352 e. The van der Waals surface area contributed by atoms with E-state index in [-0.39, 0.29) is 30.9 Å². The van der Waals surface area contributed by atoms with Gasteiger partial charge in [0, 0.05) is 31.1 Å². The number of aliphatic carboxylic acids is 1. The zero-order valence-electron chi connectivity index (χ0n) is 12.7. The lowest BCUT2D eigenvalue weighted by Gasteiger charge is -2.51. The number of hydrogen-bond acceptors (Lipinski definition) is 7. The fourth-order valence-electron chi connectivity index (χ4n) is 2.97. The Labute approximate surface area is 140 Å². The van der Waals surface area contributed by atoms with Crippen molar-refractivity contribution >= 4 is 41.4 Å². The van der Waals surface area contributed by atoms with E-state index in [1.165, 1.54) is 18.7 Å². The van der Waals surface area contributed by atoms with Crippen molar-refractivity contribution in [2.24, 2.45) is 0 Å². The second kappa shape index (κ2) is 5.93. The van der Waals surface area contributed by atoms with Crippen molar-refractivity contribution in [1.82, 2.24) is 9.80 Å². The second-order valence-corrected chi connectivity index (χ2v) is 6.65. The van der Waals surface area contributed by atoms with Gasteiger partial charge in [-0.25, -0.2) is 4.79 Å². The van der Waals surface area contributed by atoms with Crippen molar-refractivity contribution in [3.05, 3.63) is 11.3 Å². The van der Waals surface area contributed by atoms with Gasteiger partial charge in [0.15, 0.2) is 0 Å². The van der Waals surface area contributed by atoms with Crippen LogP contribution in [0.25, 0.3) is 0 Å². The van der Waals surface area contributed by atoms with Gasteiger partial charge < -0.3 is 9.84 Å². The van der Waals surface area contributed by atoms with Crippen molar-refractivity contribution in [2.75, 3.05) is 12.4 Å². The number of carboxylic acid groups (broad SMARTS) is 1. The Bertz CT molecular complexity index is 685. The Morgan fingerprint density at radius 2 is 1.83 bits per heavy atom. The summed E-state index contributed by atoms with van der Waals surface area (Å²) < 4.78 is 4.84. The number of ether oxygens (including phenoxy) is 1. The van der Waals surface area contributed by atoms with Gasteiger partial charge in [-0.15, -0.1) is 11.8 Å². The maximum absolute atomic E-state index is 12.4. The van der Waals surface area contributed by atoms with Crippen molar-refractivity contribution in [1.29, 1.82) is 0 Å². The topological polar surface area (TPSA) is 121 Å². The van der Waals surface area contributed by atoms with Crippen molar-refractivity contribution in [2.45, 2.75) is 31.2 Å². The molecule has 2 saturated heterocycles. The molecule has 2 fully saturated rings. The summed E-state index contributed by atoms with van der Waals surface area (Å²) in [4.78, 5) is 60.6. The Balaban J connectivity index is 1.87. The molecule has 0 aromatic heterocycles. The molecule has 0 bridgehead atoms. The second-order valence-electron chi connectivity index (χ2n) is 5.55. The van der Waals surface area contributed by atoms with Crippen molar-refractivity contribution in [3.63, 3.8) is 0 Å².